The van der Waals surface area contributed by atoms with Crippen LogP contribution in [0.1, 0.15) is 0 Å². The lowest BCUT2D eigenvalue weighted by atomic mass is 10.3. The Morgan fingerprint density at radius 1 is 1.41 bits per heavy atom. The van der Waals surface area contributed by atoms with E-state index in [1.165, 1.54) is 4.90 Å². The predicted molar refractivity (Wildman–Crippen MR) is 76.6 cm³/mol. The SMILES string of the molecule is Cn1cc(SCCNc2ccccc2Br)cn1. The number of aryl methyl sites for hydroxylation is 1. The third-order valence-corrected chi connectivity index (χ3v) is 3.89. The summed E-state index contributed by atoms with van der Waals surface area (Å²) in [5.41, 5.74) is 1.14. The molecule has 1 N–H and O–H groups in total. The van der Waals surface area contributed by atoms with Gasteiger partial charge in [0, 0.05) is 40.6 Å². The number of nitrogens with zero attached hydrogens (tertiary/aromatic N) is 2. The topological polar surface area (TPSA) is 29.9 Å². The second-order valence-electron chi connectivity index (χ2n) is 3.60. The van der Waals surface area contributed by atoms with E-state index in [9.17, 15) is 0 Å². The van der Waals surface area contributed by atoms with Crippen molar-refractivity contribution in [1.29, 1.82) is 0 Å². The Hall–Kier alpha value is -0.940. The van der Waals surface area contributed by atoms with Crippen molar-refractivity contribution in [2.24, 2.45) is 7.05 Å². The van der Waals surface area contributed by atoms with Gasteiger partial charge in [-0.15, -0.1) is 11.8 Å². The van der Waals surface area contributed by atoms with E-state index in [0.717, 1.165) is 22.5 Å². The number of aromatic nitrogens is 2. The van der Waals surface area contributed by atoms with Gasteiger partial charge < -0.3 is 5.32 Å². The number of thioether (sulfide) groups is 1. The molecule has 0 unspecified atom stereocenters. The van der Waals surface area contributed by atoms with Gasteiger partial charge in [-0.25, -0.2) is 0 Å². The smallest absolute Gasteiger partial charge is 0.0625 e. The van der Waals surface area contributed by atoms with E-state index in [0.29, 0.717) is 0 Å². The molecule has 17 heavy (non-hydrogen) atoms. The van der Waals surface area contributed by atoms with Crippen LogP contribution in [-0.4, -0.2) is 22.1 Å². The minimum atomic E-state index is 0.933. The summed E-state index contributed by atoms with van der Waals surface area (Å²) in [4.78, 5) is 1.21. The van der Waals surface area contributed by atoms with Gasteiger partial charge >= 0.3 is 0 Å². The van der Waals surface area contributed by atoms with Crippen LogP contribution in [0.2, 0.25) is 0 Å². The Labute approximate surface area is 114 Å². The van der Waals surface area contributed by atoms with Crippen molar-refractivity contribution in [3.05, 3.63) is 41.1 Å². The van der Waals surface area contributed by atoms with E-state index in [1.807, 2.05) is 42.3 Å². The van der Waals surface area contributed by atoms with Gasteiger partial charge in [0.15, 0.2) is 0 Å². The summed E-state index contributed by atoms with van der Waals surface area (Å²) in [5, 5.41) is 7.53. The number of hydrogen-bond donors (Lipinski definition) is 1. The standard InChI is InChI=1S/C12H14BrN3S/c1-16-9-10(8-15-16)17-7-6-14-12-5-3-2-4-11(12)13/h2-5,8-9,14H,6-7H2,1H3. The van der Waals surface area contributed by atoms with Crippen molar-refractivity contribution < 1.29 is 0 Å². The number of rotatable bonds is 5. The van der Waals surface area contributed by atoms with Gasteiger partial charge in [0.1, 0.15) is 0 Å². The first-order valence-electron chi connectivity index (χ1n) is 5.35. The molecular formula is C12H14BrN3S. The van der Waals surface area contributed by atoms with Gasteiger partial charge in [0.2, 0.25) is 0 Å². The fourth-order valence-corrected chi connectivity index (χ4v) is 2.65. The van der Waals surface area contributed by atoms with Crippen LogP contribution >= 0.6 is 27.7 Å². The molecular weight excluding hydrogens is 298 g/mol. The maximum Gasteiger partial charge on any atom is 0.0625 e. The lowest BCUT2D eigenvalue weighted by molar-refractivity contribution is 0.766. The van der Waals surface area contributed by atoms with Crippen molar-refractivity contribution in [3.8, 4) is 0 Å². The number of hydrogen-bond acceptors (Lipinski definition) is 3. The van der Waals surface area contributed by atoms with Crippen LogP contribution in [0.25, 0.3) is 0 Å². The predicted octanol–water partition coefficient (Wildman–Crippen LogP) is 3.39. The molecule has 1 aromatic heterocycles. The van der Waals surface area contributed by atoms with Crippen molar-refractivity contribution in [3.63, 3.8) is 0 Å². The van der Waals surface area contributed by atoms with Crippen LogP contribution in [0, 0.1) is 0 Å². The second kappa shape index (κ2) is 6.12. The molecule has 0 fully saturated rings. The maximum atomic E-state index is 4.14. The highest BCUT2D eigenvalue weighted by Gasteiger charge is 1.98. The molecule has 3 nitrogen and oxygen atoms in total. The van der Waals surface area contributed by atoms with Gasteiger partial charge in [-0.2, -0.15) is 5.10 Å². The number of nitrogens with one attached hydrogen (secondary N) is 1. The molecule has 1 heterocycles. The number of anilines is 1. The maximum absolute atomic E-state index is 4.14. The molecule has 2 aromatic rings. The Kier molecular flexibility index (Phi) is 4.50. The second-order valence-corrected chi connectivity index (χ2v) is 5.63. The van der Waals surface area contributed by atoms with Crippen LogP contribution < -0.4 is 5.32 Å². The molecule has 0 atom stereocenters. The normalized spacial score (nSPS) is 10.5. The fourth-order valence-electron chi connectivity index (χ4n) is 1.43. The average Bonchev–Trinajstić information content (AvgIpc) is 2.73. The minimum Gasteiger partial charge on any atom is -0.383 e. The fraction of sp³-hybridized carbons (Fsp3) is 0.250. The summed E-state index contributed by atoms with van der Waals surface area (Å²) < 4.78 is 2.93. The molecule has 0 radical (unpaired) electrons. The Morgan fingerprint density at radius 2 is 2.24 bits per heavy atom. The summed E-state index contributed by atoms with van der Waals surface area (Å²) in [5.74, 6) is 1.02. The Bertz CT molecular complexity index is 484. The molecule has 5 heteroatoms. The lowest BCUT2D eigenvalue weighted by Gasteiger charge is -2.07. The molecule has 0 aliphatic heterocycles. The first kappa shape index (κ1) is 12.5. The van der Waals surface area contributed by atoms with Crippen molar-refractivity contribution in [1.82, 2.24) is 9.78 Å². The molecule has 0 aliphatic carbocycles. The summed E-state index contributed by atoms with van der Waals surface area (Å²) in [6, 6.07) is 8.15. The third-order valence-electron chi connectivity index (χ3n) is 2.24. The zero-order valence-electron chi connectivity index (χ0n) is 9.56. The van der Waals surface area contributed by atoms with Gasteiger partial charge in [-0.1, -0.05) is 12.1 Å². The monoisotopic (exact) mass is 311 g/mol. The van der Waals surface area contributed by atoms with Gasteiger partial charge in [-0.3, -0.25) is 4.68 Å². The van der Waals surface area contributed by atoms with E-state index in [-0.39, 0.29) is 0 Å². The van der Waals surface area contributed by atoms with E-state index in [1.54, 1.807) is 11.8 Å². The lowest BCUT2D eigenvalue weighted by Crippen LogP contribution is -2.04. The van der Waals surface area contributed by atoms with Crippen LogP contribution in [0.5, 0.6) is 0 Å². The molecule has 90 valence electrons. The van der Waals surface area contributed by atoms with E-state index in [4.69, 9.17) is 0 Å². The van der Waals surface area contributed by atoms with Crippen LogP contribution in [0.15, 0.2) is 46.0 Å². The van der Waals surface area contributed by atoms with Crippen LogP contribution in [0.4, 0.5) is 5.69 Å². The Balaban J connectivity index is 1.75. The number of para-hydroxylation sites is 1. The minimum absolute atomic E-state index is 0.933. The van der Waals surface area contributed by atoms with Crippen molar-refractivity contribution >= 4 is 33.4 Å². The molecule has 0 amide bonds. The molecule has 1 aromatic carbocycles. The first-order valence-corrected chi connectivity index (χ1v) is 7.13. The third kappa shape index (κ3) is 3.78. The Morgan fingerprint density at radius 3 is 2.94 bits per heavy atom. The van der Waals surface area contributed by atoms with Gasteiger partial charge in [-0.05, 0) is 28.1 Å². The molecule has 0 aliphatic rings. The molecule has 0 bridgehead atoms. The summed E-state index contributed by atoms with van der Waals surface area (Å²) in [7, 11) is 1.93. The van der Waals surface area contributed by atoms with Crippen LogP contribution in [0.3, 0.4) is 0 Å². The summed E-state index contributed by atoms with van der Waals surface area (Å²) >= 11 is 5.32. The van der Waals surface area contributed by atoms with E-state index < -0.39 is 0 Å². The highest BCUT2D eigenvalue weighted by Crippen LogP contribution is 2.21. The number of halogens is 1. The summed E-state index contributed by atoms with van der Waals surface area (Å²) in [6.45, 7) is 0.933. The summed E-state index contributed by atoms with van der Waals surface area (Å²) in [6.07, 6.45) is 3.92. The average molecular weight is 312 g/mol. The van der Waals surface area contributed by atoms with Gasteiger partial charge in [0.25, 0.3) is 0 Å². The van der Waals surface area contributed by atoms with Crippen LogP contribution in [-0.2, 0) is 7.05 Å². The van der Waals surface area contributed by atoms with E-state index >= 15 is 0 Å². The van der Waals surface area contributed by atoms with Crippen molar-refractivity contribution in [2.75, 3.05) is 17.6 Å². The van der Waals surface area contributed by atoms with E-state index in [2.05, 4.69) is 32.4 Å². The molecule has 2 rings (SSSR count). The molecule has 0 saturated heterocycles. The zero-order chi connectivity index (χ0) is 12.1. The van der Waals surface area contributed by atoms with Gasteiger partial charge in [0.05, 0.1) is 6.20 Å². The van der Waals surface area contributed by atoms with Crippen molar-refractivity contribution in [2.45, 2.75) is 4.90 Å². The highest BCUT2D eigenvalue weighted by molar-refractivity contribution is 9.10. The molecule has 0 saturated carbocycles. The molecule has 0 spiro atoms. The quantitative estimate of drug-likeness (QED) is 0.678. The first-order chi connectivity index (χ1) is 8.25. The number of benzene rings is 1. The largest absolute Gasteiger partial charge is 0.383 e. The highest BCUT2D eigenvalue weighted by atomic mass is 79.9. The zero-order valence-corrected chi connectivity index (χ0v) is 12.0.